The molecule has 1 aromatic rings. The van der Waals surface area contributed by atoms with Crippen molar-refractivity contribution in [3.8, 4) is 0 Å². The fourth-order valence-electron chi connectivity index (χ4n) is 1.17. The average molecular weight is 246 g/mol. The smallest absolute Gasteiger partial charge is 0.221 e. The van der Waals surface area contributed by atoms with Gasteiger partial charge in [-0.25, -0.2) is 0 Å². The highest BCUT2D eigenvalue weighted by molar-refractivity contribution is 6.30. The fourth-order valence-corrected chi connectivity index (χ4v) is 1.47. The number of benzene rings is 1. The molecule has 4 heteroatoms. The normalized spacial score (nSPS) is 10.0. The van der Waals surface area contributed by atoms with Crippen molar-refractivity contribution in [3.05, 3.63) is 34.9 Å². The van der Waals surface area contributed by atoms with Crippen molar-refractivity contribution < 1.29 is 4.79 Å². The zero-order valence-electron chi connectivity index (χ0n) is 8.30. The lowest BCUT2D eigenvalue weighted by molar-refractivity contribution is -0.120. The van der Waals surface area contributed by atoms with Crippen molar-refractivity contribution in [2.24, 2.45) is 0 Å². The summed E-state index contributed by atoms with van der Waals surface area (Å²) in [5.74, 6) is 0.367. The highest BCUT2D eigenvalue weighted by Crippen LogP contribution is 2.09. The van der Waals surface area contributed by atoms with E-state index in [4.69, 9.17) is 23.2 Å². The van der Waals surface area contributed by atoms with E-state index in [9.17, 15) is 4.79 Å². The van der Waals surface area contributed by atoms with Crippen LogP contribution in [0, 0.1) is 0 Å². The molecule has 0 aromatic heterocycles. The molecule has 1 amide bonds. The molecule has 0 bridgehead atoms. The predicted octanol–water partition coefficient (Wildman–Crippen LogP) is 2.63. The van der Waals surface area contributed by atoms with Gasteiger partial charge in [-0.1, -0.05) is 23.7 Å². The summed E-state index contributed by atoms with van der Waals surface area (Å²) >= 11 is 11.2. The first-order chi connectivity index (χ1) is 7.22. The van der Waals surface area contributed by atoms with Crippen LogP contribution in [0.4, 0.5) is 0 Å². The molecular formula is C11H13Cl2NO. The van der Waals surface area contributed by atoms with Crippen LogP contribution in [0.2, 0.25) is 5.02 Å². The van der Waals surface area contributed by atoms with E-state index < -0.39 is 0 Å². The number of carbonyl (C=O) groups excluding carboxylic acids is 1. The Kier molecular flexibility index (Phi) is 5.51. The molecule has 1 aromatic carbocycles. The summed E-state index contributed by atoms with van der Waals surface area (Å²) in [7, 11) is 0. The third-order valence-corrected chi connectivity index (χ3v) is 2.41. The van der Waals surface area contributed by atoms with Crippen LogP contribution in [-0.4, -0.2) is 18.3 Å². The van der Waals surface area contributed by atoms with E-state index in [0.29, 0.717) is 18.8 Å². The molecule has 0 aliphatic carbocycles. The van der Waals surface area contributed by atoms with Crippen LogP contribution in [0.15, 0.2) is 24.3 Å². The maximum atomic E-state index is 11.1. The lowest BCUT2D eigenvalue weighted by Gasteiger charge is -2.04. The minimum atomic E-state index is -0.000960. The monoisotopic (exact) mass is 245 g/mol. The molecule has 0 fully saturated rings. The van der Waals surface area contributed by atoms with Gasteiger partial charge in [0.05, 0.1) is 0 Å². The number of carbonyl (C=O) groups is 1. The highest BCUT2D eigenvalue weighted by Gasteiger charge is 1.99. The van der Waals surface area contributed by atoms with E-state index >= 15 is 0 Å². The van der Waals surface area contributed by atoms with Crippen LogP contribution >= 0.6 is 23.2 Å². The molecule has 2 nitrogen and oxygen atoms in total. The summed E-state index contributed by atoms with van der Waals surface area (Å²) in [6.07, 6.45) is 1.19. The lowest BCUT2D eigenvalue weighted by Crippen LogP contribution is -2.25. The first-order valence-electron chi connectivity index (χ1n) is 4.79. The Morgan fingerprint density at radius 1 is 1.27 bits per heavy atom. The molecule has 0 aliphatic heterocycles. The molecule has 0 saturated heterocycles. The first-order valence-corrected chi connectivity index (χ1v) is 5.70. The van der Waals surface area contributed by atoms with Gasteiger partial charge in [-0.2, -0.15) is 0 Å². The number of hydrogen-bond acceptors (Lipinski definition) is 1. The van der Waals surface area contributed by atoms with E-state index in [0.717, 1.165) is 17.0 Å². The standard InChI is InChI=1S/C11H13Cl2NO/c12-7-5-11(15)14-8-6-9-1-3-10(13)4-2-9/h1-4H,5-8H2,(H,14,15). The molecule has 0 atom stereocenters. The van der Waals surface area contributed by atoms with Crippen molar-refractivity contribution in [3.63, 3.8) is 0 Å². The van der Waals surface area contributed by atoms with E-state index in [1.54, 1.807) is 0 Å². The zero-order chi connectivity index (χ0) is 11.1. The lowest BCUT2D eigenvalue weighted by atomic mass is 10.1. The second-order valence-electron chi connectivity index (χ2n) is 3.17. The Morgan fingerprint density at radius 3 is 2.53 bits per heavy atom. The van der Waals surface area contributed by atoms with Gasteiger partial charge in [0.1, 0.15) is 0 Å². The molecule has 0 unspecified atom stereocenters. The molecule has 1 rings (SSSR count). The summed E-state index contributed by atoms with van der Waals surface area (Å²) in [4.78, 5) is 11.1. The Bertz CT molecular complexity index is 311. The number of rotatable bonds is 5. The number of alkyl halides is 1. The van der Waals surface area contributed by atoms with Gasteiger partial charge in [0, 0.05) is 23.9 Å². The number of halogens is 2. The van der Waals surface area contributed by atoms with E-state index in [2.05, 4.69) is 5.32 Å². The topological polar surface area (TPSA) is 29.1 Å². The Balaban J connectivity index is 2.26. The summed E-state index contributed by atoms with van der Waals surface area (Å²) in [5.41, 5.74) is 1.16. The Morgan fingerprint density at radius 2 is 1.93 bits per heavy atom. The number of hydrogen-bond donors (Lipinski definition) is 1. The highest BCUT2D eigenvalue weighted by atomic mass is 35.5. The van der Waals surface area contributed by atoms with Gasteiger partial charge < -0.3 is 5.32 Å². The second kappa shape index (κ2) is 6.70. The van der Waals surface area contributed by atoms with Gasteiger partial charge in [-0.05, 0) is 24.1 Å². The van der Waals surface area contributed by atoms with Crippen LogP contribution in [-0.2, 0) is 11.2 Å². The second-order valence-corrected chi connectivity index (χ2v) is 3.98. The Hall–Kier alpha value is -0.730. The minimum absolute atomic E-state index is 0.000960. The fraction of sp³-hybridized carbons (Fsp3) is 0.364. The van der Waals surface area contributed by atoms with Gasteiger partial charge in [0.15, 0.2) is 0 Å². The van der Waals surface area contributed by atoms with E-state index in [-0.39, 0.29) is 5.91 Å². The van der Waals surface area contributed by atoms with Crippen molar-refractivity contribution >= 4 is 29.1 Å². The average Bonchev–Trinajstić information content (AvgIpc) is 2.21. The van der Waals surface area contributed by atoms with Crippen molar-refractivity contribution in [1.29, 1.82) is 0 Å². The molecule has 0 radical (unpaired) electrons. The Labute approximate surface area is 99.6 Å². The van der Waals surface area contributed by atoms with Crippen molar-refractivity contribution in [2.45, 2.75) is 12.8 Å². The molecule has 1 N–H and O–H groups in total. The molecule has 0 spiro atoms. The van der Waals surface area contributed by atoms with Gasteiger partial charge in [0.25, 0.3) is 0 Å². The molecule has 0 saturated carbocycles. The zero-order valence-corrected chi connectivity index (χ0v) is 9.81. The molecule has 82 valence electrons. The van der Waals surface area contributed by atoms with Gasteiger partial charge in [-0.3, -0.25) is 4.79 Å². The van der Waals surface area contributed by atoms with E-state index in [1.807, 2.05) is 24.3 Å². The molecule has 15 heavy (non-hydrogen) atoms. The van der Waals surface area contributed by atoms with Crippen LogP contribution in [0.25, 0.3) is 0 Å². The number of amides is 1. The van der Waals surface area contributed by atoms with Crippen LogP contribution in [0.1, 0.15) is 12.0 Å². The summed E-state index contributed by atoms with van der Waals surface area (Å²) < 4.78 is 0. The molecule has 0 heterocycles. The molecular weight excluding hydrogens is 233 g/mol. The SMILES string of the molecule is O=C(CCCl)NCCc1ccc(Cl)cc1. The number of nitrogens with one attached hydrogen (secondary N) is 1. The maximum absolute atomic E-state index is 11.1. The van der Waals surface area contributed by atoms with Crippen molar-refractivity contribution in [1.82, 2.24) is 5.32 Å². The van der Waals surface area contributed by atoms with Gasteiger partial charge in [-0.15, -0.1) is 11.6 Å². The largest absolute Gasteiger partial charge is 0.356 e. The summed E-state index contributed by atoms with van der Waals surface area (Å²) in [5, 5.41) is 3.52. The third kappa shape index (κ3) is 5.05. The van der Waals surface area contributed by atoms with Gasteiger partial charge in [0.2, 0.25) is 5.91 Å². The van der Waals surface area contributed by atoms with Crippen LogP contribution in [0.5, 0.6) is 0 Å². The van der Waals surface area contributed by atoms with Crippen molar-refractivity contribution in [2.75, 3.05) is 12.4 Å². The first kappa shape index (κ1) is 12.3. The van der Waals surface area contributed by atoms with E-state index in [1.165, 1.54) is 0 Å². The van der Waals surface area contributed by atoms with Crippen LogP contribution < -0.4 is 5.32 Å². The maximum Gasteiger partial charge on any atom is 0.221 e. The quantitative estimate of drug-likeness (QED) is 0.795. The predicted molar refractivity (Wildman–Crippen MR) is 63.5 cm³/mol. The minimum Gasteiger partial charge on any atom is -0.356 e. The summed E-state index contributed by atoms with van der Waals surface area (Å²) in [6.45, 7) is 0.636. The third-order valence-electron chi connectivity index (χ3n) is 1.97. The molecule has 0 aliphatic rings. The van der Waals surface area contributed by atoms with Gasteiger partial charge >= 0.3 is 0 Å². The summed E-state index contributed by atoms with van der Waals surface area (Å²) in [6, 6.07) is 7.60. The van der Waals surface area contributed by atoms with Crippen LogP contribution in [0.3, 0.4) is 0 Å².